The number of aryl methyl sites for hydroxylation is 2. The summed E-state index contributed by atoms with van der Waals surface area (Å²) in [5.41, 5.74) is 1.60. The Morgan fingerprint density at radius 3 is 2.68 bits per heavy atom. The molecule has 2 aromatic rings. The van der Waals surface area contributed by atoms with Crippen LogP contribution < -0.4 is 0 Å². The number of benzene rings is 1. The first-order chi connectivity index (χ1) is 11.8. The van der Waals surface area contributed by atoms with E-state index in [0.717, 1.165) is 24.0 Å². The van der Waals surface area contributed by atoms with Crippen molar-refractivity contribution in [1.29, 1.82) is 0 Å². The molecule has 1 aliphatic carbocycles. The molecule has 0 amide bonds. The maximum atomic E-state index is 13.1. The lowest BCUT2D eigenvalue weighted by Gasteiger charge is -2.23. The number of hydrogen-bond acceptors (Lipinski definition) is 4. The molecule has 3 rings (SSSR count). The van der Waals surface area contributed by atoms with Crippen molar-refractivity contribution < 1.29 is 18.3 Å². The predicted octanol–water partition coefficient (Wildman–Crippen LogP) is 1.82. The summed E-state index contributed by atoms with van der Waals surface area (Å²) in [6.07, 6.45) is 6.58. The van der Waals surface area contributed by atoms with E-state index in [9.17, 15) is 18.3 Å². The zero-order valence-electron chi connectivity index (χ0n) is 14.3. The summed E-state index contributed by atoms with van der Waals surface area (Å²) in [5.74, 6) is -0.495. The van der Waals surface area contributed by atoms with Gasteiger partial charge in [-0.05, 0) is 48.9 Å². The monoisotopic (exact) mass is 363 g/mol. The molecule has 0 saturated heterocycles. The highest BCUT2D eigenvalue weighted by Crippen LogP contribution is 2.31. The Morgan fingerprint density at radius 1 is 1.32 bits per heavy atom. The third-order valence-electron chi connectivity index (χ3n) is 4.64. The number of aromatic carboxylic acids is 1. The Morgan fingerprint density at radius 2 is 2.04 bits per heavy atom. The average Bonchev–Trinajstić information content (AvgIpc) is 2.98. The van der Waals surface area contributed by atoms with Gasteiger partial charge in [0.25, 0.3) is 0 Å². The molecule has 134 valence electrons. The smallest absolute Gasteiger partial charge is 0.335 e. The van der Waals surface area contributed by atoms with Gasteiger partial charge in [-0.15, -0.1) is 0 Å². The van der Waals surface area contributed by atoms with Crippen molar-refractivity contribution in [2.24, 2.45) is 7.05 Å². The first-order valence-corrected chi connectivity index (χ1v) is 9.56. The molecular formula is C17H21N3O4S. The number of imidazole rings is 1. The van der Waals surface area contributed by atoms with Crippen molar-refractivity contribution in [1.82, 2.24) is 13.9 Å². The van der Waals surface area contributed by atoms with Crippen LogP contribution in [0.4, 0.5) is 0 Å². The molecule has 1 aliphatic rings. The topological polar surface area (TPSA) is 92.5 Å². The highest BCUT2D eigenvalue weighted by molar-refractivity contribution is 7.89. The summed E-state index contributed by atoms with van der Waals surface area (Å²) in [5, 5.41) is 9.34. The van der Waals surface area contributed by atoms with Crippen molar-refractivity contribution in [2.45, 2.75) is 37.1 Å². The molecule has 0 fully saturated rings. The van der Waals surface area contributed by atoms with E-state index in [1.54, 1.807) is 30.1 Å². The first kappa shape index (κ1) is 17.6. The Kier molecular flexibility index (Phi) is 4.66. The van der Waals surface area contributed by atoms with Gasteiger partial charge in [0.05, 0.1) is 17.0 Å². The van der Waals surface area contributed by atoms with E-state index >= 15 is 0 Å². The lowest BCUT2D eigenvalue weighted by atomic mass is 9.90. The van der Waals surface area contributed by atoms with Crippen LogP contribution in [0.3, 0.4) is 0 Å². The summed E-state index contributed by atoms with van der Waals surface area (Å²) < 4.78 is 29.2. The molecule has 0 bridgehead atoms. The standard InChI is InChI=1S/C17H21N3O4S/c1-19-8-7-18-16(19)11-20(2)25(23,24)15-10-13(17(21)22)9-12-5-3-4-6-14(12)15/h7-10H,3-6,11H2,1-2H3,(H,21,22). The van der Waals surface area contributed by atoms with Gasteiger partial charge in [0.1, 0.15) is 5.82 Å². The van der Waals surface area contributed by atoms with Crippen LogP contribution in [-0.4, -0.2) is 40.4 Å². The third-order valence-corrected chi connectivity index (χ3v) is 6.51. The van der Waals surface area contributed by atoms with Crippen LogP contribution in [-0.2, 0) is 36.5 Å². The number of rotatable bonds is 5. The largest absolute Gasteiger partial charge is 0.478 e. The summed E-state index contributed by atoms with van der Waals surface area (Å²) in [7, 11) is -0.519. The Hall–Kier alpha value is -2.19. The molecule has 0 spiro atoms. The minimum Gasteiger partial charge on any atom is -0.478 e. The van der Waals surface area contributed by atoms with Crippen molar-refractivity contribution in [2.75, 3.05) is 7.05 Å². The summed E-state index contributed by atoms with van der Waals surface area (Å²) in [6, 6.07) is 2.89. The van der Waals surface area contributed by atoms with Crippen LogP contribution in [0.15, 0.2) is 29.4 Å². The predicted molar refractivity (Wildman–Crippen MR) is 91.9 cm³/mol. The molecule has 0 saturated carbocycles. The van der Waals surface area contributed by atoms with E-state index in [1.807, 2.05) is 0 Å². The van der Waals surface area contributed by atoms with Crippen molar-refractivity contribution in [3.05, 3.63) is 47.0 Å². The second-order valence-electron chi connectivity index (χ2n) is 6.34. The molecule has 1 N–H and O–H groups in total. The average molecular weight is 363 g/mol. The number of fused-ring (bicyclic) bond motifs is 1. The second-order valence-corrected chi connectivity index (χ2v) is 8.35. The van der Waals surface area contributed by atoms with Gasteiger partial charge in [-0.3, -0.25) is 0 Å². The lowest BCUT2D eigenvalue weighted by molar-refractivity contribution is 0.0696. The van der Waals surface area contributed by atoms with Crippen LogP contribution in [0, 0.1) is 0 Å². The van der Waals surface area contributed by atoms with Crippen molar-refractivity contribution in [3.63, 3.8) is 0 Å². The number of aromatic nitrogens is 2. The van der Waals surface area contributed by atoms with Crippen molar-refractivity contribution in [3.8, 4) is 0 Å². The van der Waals surface area contributed by atoms with Gasteiger partial charge in [-0.2, -0.15) is 4.31 Å². The van der Waals surface area contributed by atoms with E-state index in [-0.39, 0.29) is 17.0 Å². The number of nitrogens with zero attached hydrogens (tertiary/aromatic N) is 3. The van der Waals surface area contributed by atoms with E-state index in [0.29, 0.717) is 18.7 Å². The molecule has 25 heavy (non-hydrogen) atoms. The Labute approximate surface area is 147 Å². The summed E-state index contributed by atoms with van der Waals surface area (Å²) in [6.45, 7) is 0.123. The number of hydrogen-bond donors (Lipinski definition) is 1. The third kappa shape index (κ3) is 3.32. The summed E-state index contributed by atoms with van der Waals surface area (Å²) >= 11 is 0. The van der Waals surface area contributed by atoms with Crippen LogP contribution in [0.25, 0.3) is 0 Å². The number of carbonyl (C=O) groups is 1. The van der Waals surface area contributed by atoms with Crippen LogP contribution >= 0.6 is 0 Å². The second kappa shape index (κ2) is 6.61. The molecule has 1 aromatic carbocycles. The van der Waals surface area contributed by atoms with E-state index in [4.69, 9.17) is 0 Å². The van der Waals surface area contributed by atoms with Crippen molar-refractivity contribution >= 4 is 16.0 Å². The van der Waals surface area contributed by atoms with Crippen LogP contribution in [0.2, 0.25) is 0 Å². The van der Waals surface area contributed by atoms with Crippen LogP contribution in [0.5, 0.6) is 0 Å². The molecule has 0 radical (unpaired) electrons. The molecule has 1 heterocycles. The molecule has 0 atom stereocenters. The quantitative estimate of drug-likeness (QED) is 0.875. The molecule has 1 aromatic heterocycles. The Bertz CT molecular complexity index is 918. The van der Waals surface area contributed by atoms with Gasteiger partial charge in [0.15, 0.2) is 0 Å². The zero-order valence-corrected chi connectivity index (χ0v) is 15.1. The normalized spacial score (nSPS) is 14.5. The number of sulfonamides is 1. The molecule has 0 unspecified atom stereocenters. The lowest BCUT2D eigenvalue weighted by Crippen LogP contribution is -2.29. The van der Waals surface area contributed by atoms with Gasteiger partial charge in [0.2, 0.25) is 10.0 Å². The first-order valence-electron chi connectivity index (χ1n) is 8.12. The summed E-state index contributed by atoms with van der Waals surface area (Å²) in [4.78, 5) is 15.7. The Balaban J connectivity index is 2.05. The molecule has 0 aliphatic heterocycles. The maximum Gasteiger partial charge on any atom is 0.335 e. The minimum atomic E-state index is -3.81. The molecule has 7 nitrogen and oxygen atoms in total. The fraction of sp³-hybridized carbons (Fsp3) is 0.412. The fourth-order valence-corrected chi connectivity index (χ4v) is 4.62. The van der Waals surface area contributed by atoms with Gasteiger partial charge in [-0.25, -0.2) is 18.2 Å². The zero-order chi connectivity index (χ0) is 18.2. The van der Waals surface area contributed by atoms with Gasteiger partial charge in [-0.1, -0.05) is 0 Å². The number of carboxylic acids is 1. The minimum absolute atomic E-state index is 0.0182. The van der Waals surface area contributed by atoms with Gasteiger partial charge >= 0.3 is 5.97 Å². The van der Waals surface area contributed by atoms with E-state index < -0.39 is 16.0 Å². The number of carboxylic acid groups (broad SMARTS) is 1. The highest BCUT2D eigenvalue weighted by atomic mass is 32.2. The SMILES string of the molecule is CN(Cc1nccn1C)S(=O)(=O)c1cc(C(=O)O)cc2c1CCCC2. The highest BCUT2D eigenvalue weighted by Gasteiger charge is 2.29. The van der Waals surface area contributed by atoms with Gasteiger partial charge in [0, 0.05) is 26.5 Å². The van der Waals surface area contributed by atoms with Crippen LogP contribution in [0.1, 0.15) is 40.2 Å². The fourth-order valence-electron chi connectivity index (χ4n) is 3.18. The van der Waals surface area contributed by atoms with Gasteiger partial charge < -0.3 is 9.67 Å². The molecular weight excluding hydrogens is 342 g/mol. The molecule has 8 heteroatoms. The maximum absolute atomic E-state index is 13.1. The van der Waals surface area contributed by atoms with E-state index in [2.05, 4.69) is 4.98 Å². The van der Waals surface area contributed by atoms with E-state index in [1.165, 1.54) is 17.4 Å².